The van der Waals surface area contributed by atoms with Gasteiger partial charge >= 0.3 is 0 Å². The first-order valence-corrected chi connectivity index (χ1v) is 7.92. The predicted octanol–water partition coefficient (Wildman–Crippen LogP) is 3.07. The molecular formula is C15H21N3S. The van der Waals surface area contributed by atoms with Crippen molar-refractivity contribution in [3.05, 3.63) is 39.6 Å². The van der Waals surface area contributed by atoms with Gasteiger partial charge in [0.1, 0.15) is 5.82 Å². The Morgan fingerprint density at radius 2 is 2.16 bits per heavy atom. The summed E-state index contributed by atoms with van der Waals surface area (Å²) in [6.07, 6.45) is 4.81. The van der Waals surface area contributed by atoms with E-state index in [0.29, 0.717) is 0 Å². The average Bonchev–Trinajstić information content (AvgIpc) is 2.99. The Hall–Kier alpha value is -1.13. The molecule has 1 aliphatic rings. The van der Waals surface area contributed by atoms with Crippen LogP contribution in [0.3, 0.4) is 0 Å². The molecule has 0 aromatic carbocycles. The molecule has 0 radical (unpaired) electrons. The first kappa shape index (κ1) is 12.9. The second-order valence-electron chi connectivity index (χ2n) is 5.45. The Bertz CT molecular complexity index is 554. The highest BCUT2D eigenvalue weighted by Gasteiger charge is 2.27. The third-order valence-electron chi connectivity index (χ3n) is 3.96. The zero-order chi connectivity index (χ0) is 13.4. The molecule has 2 unspecified atom stereocenters. The van der Waals surface area contributed by atoms with Gasteiger partial charge in [-0.2, -0.15) is 0 Å². The summed E-state index contributed by atoms with van der Waals surface area (Å²) in [5.41, 5.74) is 8.99. The largest absolute Gasteiger partial charge is 0.326 e. The number of nitrogens with zero attached hydrogens (tertiary/aromatic N) is 2. The minimum absolute atomic E-state index is 0.0950. The summed E-state index contributed by atoms with van der Waals surface area (Å²) in [6, 6.07) is 4.62. The third kappa shape index (κ3) is 2.23. The summed E-state index contributed by atoms with van der Waals surface area (Å²) < 4.78 is 2.39. The van der Waals surface area contributed by atoms with E-state index in [0.717, 1.165) is 18.7 Å². The normalized spacial score (nSPS) is 18.1. The van der Waals surface area contributed by atoms with E-state index in [1.165, 1.54) is 29.1 Å². The smallest absolute Gasteiger partial charge is 0.106 e. The Morgan fingerprint density at radius 3 is 2.84 bits per heavy atom. The highest BCUT2D eigenvalue weighted by Crippen LogP contribution is 2.32. The lowest BCUT2D eigenvalue weighted by atomic mass is 9.99. The fourth-order valence-electron chi connectivity index (χ4n) is 3.15. The summed E-state index contributed by atoms with van der Waals surface area (Å²) in [7, 11) is 0. The van der Waals surface area contributed by atoms with Crippen LogP contribution in [0.2, 0.25) is 0 Å². The number of thiophene rings is 1. The van der Waals surface area contributed by atoms with Gasteiger partial charge in [-0.3, -0.25) is 0 Å². The minimum atomic E-state index is 0.0950. The number of imidazole rings is 1. The lowest BCUT2D eigenvalue weighted by Gasteiger charge is -2.26. The fraction of sp³-hybridized carbons (Fsp3) is 0.533. The van der Waals surface area contributed by atoms with E-state index < -0.39 is 0 Å². The lowest BCUT2D eigenvalue weighted by Crippen LogP contribution is -2.31. The fourth-order valence-corrected chi connectivity index (χ4v) is 4.08. The Morgan fingerprint density at radius 1 is 1.37 bits per heavy atom. The number of aromatic nitrogens is 2. The molecule has 102 valence electrons. The molecule has 2 atom stereocenters. The van der Waals surface area contributed by atoms with Crippen LogP contribution in [0.15, 0.2) is 17.5 Å². The predicted molar refractivity (Wildman–Crippen MR) is 79.7 cm³/mol. The third-order valence-corrected chi connectivity index (χ3v) is 4.90. The maximum atomic E-state index is 6.28. The number of aryl methyl sites for hydroxylation is 2. The van der Waals surface area contributed by atoms with Crippen LogP contribution in [0.25, 0.3) is 0 Å². The molecule has 0 saturated carbocycles. The Balaban J connectivity index is 2.11. The summed E-state index contributed by atoms with van der Waals surface area (Å²) in [6.45, 7) is 4.21. The summed E-state index contributed by atoms with van der Waals surface area (Å²) in [4.78, 5) is 6.11. The van der Waals surface area contributed by atoms with Crippen LogP contribution in [0, 0.1) is 6.92 Å². The topological polar surface area (TPSA) is 43.8 Å². The van der Waals surface area contributed by atoms with Gasteiger partial charge in [-0.15, -0.1) is 11.3 Å². The van der Waals surface area contributed by atoms with Crippen molar-refractivity contribution in [3.63, 3.8) is 0 Å². The van der Waals surface area contributed by atoms with Crippen molar-refractivity contribution in [2.75, 3.05) is 0 Å². The lowest BCUT2D eigenvalue weighted by molar-refractivity contribution is 0.471. The van der Waals surface area contributed by atoms with Gasteiger partial charge in [0.25, 0.3) is 0 Å². The first-order chi connectivity index (χ1) is 9.18. The van der Waals surface area contributed by atoms with Gasteiger partial charge in [0.15, 0.2) is 0 Å². The SMILES string of the molecule is Cc1nc2c(n1C(c1cccs1)C(C)N)CCCC2. The van der Waals surface area contributed by atoms with Crippen molar-refractivity contribution < 1.29 is 0 Å². The minimum Gasteiger partial charge on any atom is -0.326 e. The van der Waals surface area contributed by atoms with Gasteiger partial charge in [-0.1, -0.05) is 6.07 Å². The molecular weight excluding hydrogens is 254 g/mol. The van der Waals surface area contributed by atoms with Gasteiger partial charge in [0, 0.05) is 16.6 Å². The van der Waals surface area contributed by atoms with Crippen LogP contribution in [0.5, 0.6) is 0 Å². The zero-order valence-electron chi connectivity index (χ0n) is 11.6. The van der Waals surface area contributed by atoms with Crippen LogP contribution >= 0.6 is 11.3 Å². The van der Waals surface area contributed by atoms with Gasteiger partial charge in [-0.25, -0.2) is 4.98 Å². The van der Waals surface area contributed by atoms with Crippen molar-refractivity contribution in [1.82, 2.24) is 9.55 Å². The van der Waals surface area contributed by atoms with Crippen LogP contribution in [0.4, 0.5) is 0 Å². The van der Waals surface area contributed by atoms with Crippen LogP contribution in [0.1, 0.15) is 47.9 Å². The van der Waals surface area contributed by atoms with Gasteiger partial charge in [0.05, 0.1) is 11.7 Å². The van der Waals surface area contributed by atoms with Gasteiger partial charge in [-0.05, 0) is 51.0 Å². The molecule has 0 fully saturated rings. The van der Waals surface area contributed by atoms with Gasteiger partial charge in [0.2, 0.25) is 0 Å². The highest BCUT2D eigenvalue weighted by molar-refractivity contribution is 7.10. The monoisotopic (exact) mass is 275 g/mol. The molecule has 0 spiro atoms. The van der Waals surface area contributed by atoms with Crippen LogP contribution < -0.4 is 5.73 Å². The Kier molecular flexibility index (Phi) is 3.46. The van der Waals surface area contributed by atoms with Gasteiger partial charge < -0.3 is 10.3 Å². The molecule has 2 aromatic rings. The van der Waals surface area contributed by atoms with E-state index in [1.54, 1.807) is 11.3 Å². The molecule has 19 heavy (non-hydrogen) atoms. The number of rotatable bonds is 3. The summed E-state index contributed by atoms with van der Waals surface area (Å²) >= 11 is 1.79. The molecule has 3 rings (SSSR count). The molecule has 1 aliphatic carbocycles. The van der Waals surface area contributed by atoms with E-state index in [2.05, 4.69) is 35.9 Å². The Labute approximate surface area is 118 Å². The first-order valence-electron chi connectivity index (χ1n) is 7.04. The number of nitrogens with two attached hydrogens (primary N) is 1. The molecule has 0 saturated heterocycles. The van der Waals surface area contributed by atoms with E-state index in [9.17, 15) is 0 Å². The molecule has 2 aromatic heterocycles. The van der Waals surface area contributed by atoms with Crippen LogP contribution in [-0.4, -0.2) is 15.6 Å². The summed E-state index contributed by atoms with van der Waals surface area (Å²) in [5, 5.41) is 2.13. The van der Waals surface area contributed by atoms with E-state index in [-0.39, 0.29) is 12.1 Å². The van der Waals surface area contributed by atoms with Crippen LogP contribution in [-0.2, 0) is 12.8 Å². The van der Waals surface area contributed by atoms with Crippen molar-refractivity contribution in [1.29, 1.82) is 0 Å². The van der Waals surface area contributed by atoms with Crippen molar-refractivity contribution in [3.8, 4) is 0 Å². The second-order valence-corrected chi connectivity index (χ2v) is 6.43. The van der Waals surface area contributed by atoms with E-state index in [1.807, 2.05) is 0 Å². The second kappa shape index (κ2) is 5.10. The molecule has 0 aliphatic heterocycles. The standard InChI is InChI=1S/C15H21N3S/c1-10(16)15(14-8-5-9-19-14)18-11(2)17-12-6-3-4-7-13(12)18/h5,8-10,15H,3-4,6-7,16H2,1-2H3. The van der Waals surface area contributed by atoms with Crippen molar-refractivity contribution in [2.24, 2.45) is 5.73 Å². The molecule has 0 amide bonds. The molecule has 2 N–H and O–H groups in total. The van der Waals surface area contributed by atoms with Crippen molar-refractivity contribution in [2.45, 2.75) is 51.6 Å². The van der Waals surface area contributed by atoms with Crippen molar-refractivity contribution >= 4 is 11.3 Å². The van der Waals surface area contributed by atoms with E-state index >= 15 is 0 Å². The highest BCUT2D eigenvalue weighted by atomic mass is 32.1. The molecule has 2 heterocycles. The zero-order valence-corrected chi connectivity index (χ0v) is 12.4. The molecule has 0 bridgehead atoms. The summed E-state index contributed by atoms with van der Waals surface area (Å²) in [5.74, 6) is 1.11. The maximum Gasteiger partial charge on any atom is 0.106 e. The molecule has 3 nitrogen and oxygen atoms in total. The van der Waals surface area contributed by atoms with E-state index in [4.69, 9.17) is 10.7 Å². The molecule has 4 heteroatoms. The number of hydrogen-bond acceptors (Lipinski definition) is 3. The average molecular weight is 275 g/mol. The quantitative estimate of drug-likeness (QED) is 0.935. The number of fused-ring (bicyclic) bond motifs is 1. The number of hydrogen-bond donors (Lipinski definition) is 1. The maximum absolute atomic E-state index is 6.28.